The molecule has 2 aliphatic rings. The number of carbonyl (C=O) groups is 2. The van der Waals surface area contributed by atoms with Gasteiger partial charge < -0.3 is 4.90 Å². The number of hydrogen-bond donors (Lipinski definition) is 0. The van der Waals surface area contributed by atoms with Crippen molar-refractivity contribution in [2.75, 3.05) is 24.5 Å². The van der Waals surface area contributed by atoms with Crippen molar-refractivity contribution in [3.63, 3.8) is 0 Å². The highest BCUT2D eigenvalue weighted by molar-refractivity contribution is 6.04. The van der Waals surface area contributed by atoms with E-state index < -0.39 is 12.1 Å². The van der Waals surface area contributed by atoms with Gasteiger partial charge in [0.1, 0.15) is 12.1 Å². The molecule has 1 aromatic carbocycles. The van der Waals surface area contributed by atoms with E-state index in [4.69, 9.17) is 0 Å². The van der Waals surface area contributed by atoms with Gasteiger partial charge in [-0.25, -0.2) is 0 Å². The maximum atomic E-state index is 14.0. The summed E-state index contributed by atoms with van der Waals surface area (Å²) in [6.07, 6.45) is 7.81. The van der Waals surface area contributed by atoms with E-state index in [1.54, 1.807) is 28.3 Å². The highest BCUT2D eigenvalue weighted by Gasteiger charge is 2.42. The van der Waals surface area contributed by atoms with Crippen LogP contribution in [0, 0.1) is 11.5 Å². The average molecular weight is 446 g/mol. The number of benzene rings is 1. The molecule has 2 fully saturated rings. The zero-order valence-corrected chi connectivity index (χ0v) is 19.6. The van der Waals surface area contributed by atoms with E-state index in [1.807, 2.05) is 30.3 Å². The minimum Gasteiger partial charge on any atom is -0.340 e. The Morgan fingerprint density at radius 3 is 2.39 bits per heavy atom. The minimum absolute atomic E-state index is 0.0351. The molecule has 172 valence electrons. The Morgan fingerprint density at radius 1 is 1.12 bits per heavy atom. The van der Waals surface area contributed by atoms with E-state index in [2.05, 4.69) is 31.9 Å². The predicted molar refractivity (Wildman–Crippen MR) is 126 cm³/mol. The third-order valence-corrected chi connectivity index (χ3v) is 6.58. The molecule has 2 amide bonds. The van der Waals surface area contributed by atoms with E-state index in [0.717, 1.165) is 18.4 Å². The largest absolute Gasteiger partial charge is 0.340 e. The van der Waals surface area contributed by atoms with Crippen LogP contribution in [0.3, 0.4) is 0 Å². The van der Waals surface area contributed by atoms with Crippen LogP contribution in [-0.2, 0) is 15.0 Å². The summed E-state index contributed by atoms with van der Waals surface area (Å²) < 4.78 is 0. The van der Waals surface area contributed by atoms with Crippen LogP contribution in [0.15, 0.2) is 48.8 Å². The molecule has 7 nitrogen and oxygen atoms in total. The second kappa shape index (κ2) is 9.22. The van der Waals surface area contributed by atoms with Crippen molar-refractivity contribution in [3.8, 4) is 6.19 Å². The monoisotopic (exact) mass is 445 g/mol. The molecule has 0 bridgehead atoms. The highest BCUT2D eigenvalue weighted by atomic mass is 16.2. The van der Waals surface area contributed by atoms with Crippen molar-refractivity contribution in [3.05, 3.63) is 59.9 Å². The fraction of sp³-hybridized carbons (Fsp3) is 0.462. The number of aromatic nitrogens is 1. The quantitative estimate of drug-likeness (QED) is 0.657. The summed E-state index contributed by atoms with van der Waals surface area (Å²) in [5.41, 5.74) is 2.43. The number of hydrogen-bond acceptors (Lipinski definition) is 5. The van der Waals surface area contributed by atoms with Crippen molar-refractivity contribution >= 4 is 17.5 Å². The highest BCUT2D eigenvalue weighted by Crippen LogP contribution is 2.34. The summed E-state index contributed by atoms with van der Waals surface area (Å²) in [5.74, 6) is -0.329. The number of nitrogens with zero attached hydrogens (tertiary/aromatic N) is 5. The van der Waals surface area contributed by atoms with Gasteiger partial charge in [-0.05, 0) is 48.4 Å². The van der Waals surface area contributed by atoms with Crippen LogP contribution in [0.1, 0.15) is 57.2 Å². The van der Waals surface area contributed by atoms with Gasteiger partial charge in [0, 0.05) is 43.3 Å². The van der Waals surface area contributed by atoms with Crippen LogP contribution < -0.4 is 4.90 Å². The number of carbonyl (C=O) groups excluding carboxylic acids is 2. The number of amides is 2. The first-order chi connectivity index (χ1) is 15.8. The Balaban J connectivity index is 1.81. The average Bonchev–Trinajstić information content (AvgIpc) is 3.25. The lowest BCUT2D eigenvalue weighted by molar-refractivity contribution is -0.138. The van der Waals surface area contributed by atoms with Gasteiger partial charge in [0.05, 0.1) is 0 Å². The van der Waals surface area contributed by atoms with E-state index in [1.165, 1.54) is 4.90 Å². The third kappa shape index (κ3) is 4.56. The summed E-state index contributed by atoms with van der Waals surface area (Å²) in [4.78, 5) is 36.8. The molecular formula is C26H31N5O2. The van der Waals surface area contributed by atoms with Crippen LogP contribution in [0.25, 0.3) is 0 Å². The lowest BCUT2D eigenvalue weighted by Crippen LogP contribution is -2.53. The molecule has 0 aliphatic carbocycles. The van der Waals surface area contributed by atoms with Crippen molar-refractivity contribution in [2.24, 2.45) is 0 Å². The Morgan fingerprint density at radius 2 is 1.85 bits per heavy atom. The van der Waals surface area contributed by atoms with Gasteiger partial charge in [0.25, 0.3) is 5.91 Å². The molecule has 0 N–H and O–H groups in total. The normalized spacial score (nSPS) is 18.9. The number of pyridine rings is 1. The van der Waals surface area contributed by atoms with Gasteiger partial charge in [0.15, 0.2) is 6.19 Å². The molecule has 2 aliphatic heterocycles. The van der Waals surface area contributed by atoms with Crippen molar-refractivity contribution in [1.82, 2.24) is 14.8 Å². The Bertz CT molecular complexity index is 1040. The molecule has 4 rings (SSSR count). The summed E-state index contributed by atoms with van der Waals surface area (Å²) >= 11 is 0. The van der Waals surface area contributed by atoms with Crippen molar-refractivity contribution < 1.29 is 9.59 Å². The first-order valence-electron chi connectivity index (χ1n) is 11.6. The fourth-order valence-electron chi connectivity index (χ4n) is 4.48. The zero-order valence-electron chi connectivity index (χ0n) is 19.6. The number of anilines is 1. The zero-order chi connectivity index (χ0) is 23.6. The second-order valence-corrected chi connectivity index (χ2v) is 9.82. The van der Waals surface area contributed by atoms with Crippen LogP contribution in [-0.4, -0.2) is 52.3 Å². The smallest absolute Gasteiger partial charge is 0.251 e. The molecule has 0 saturated carbocycles. The molecule has 3 heterocycles. The molecule has 1 aromatic heterocycles. The summed E-state index contributed by atoms with van der Waals surface area (Å²) in [7, 11) is 0. The number of nitriles is 1. The third-order valence-electron chi connectivity index (χ3n) is 6.58. The lowest BCUT2D eigenvalue weighted by Gasteiger charge is -2.40. The van der Waals surface area contributed by atoms with Gasteiger partial charge in [-0.1, -0.05) is 39.0 Å². The van der Waals surface area contributed by atoms with Crippen molar-refractivity contribution in [2.45, 2.75) is 57.5 Å². The standard InChI is InChI=1S/C26H31N5O2/c1-26(2,3)20-9-11-21(12-10-20)31(24(32)22-8-5-14-30(22)18-27)23(19-7-4-13-28-17-19)25(33)29-15-6-16-29/h4,7,9-13,17,22-23H,5-6,8,14-16H2,1-3H3/t22-,23?/m1/s1. The Hall–Kier alpha value is -3.40. The topological polar surface area (TPSA) is 80.5 Å². The molecule has 2 atom stereocenters. The molecule has 1 unspecified atom stereocenters. The van der Waals surface area contributed by atoms with E-state index in [0.29, 0.717) is 37.3 Å². The molecule has 2 saturated heterocycles. The Labute approximate surface area is 195 Å². The van der Waals surface area contributed by atoms with Crippen LogP contribution >= 0.6 is 0 Å². The first-order valence-corrected chi connectivity index (χ1v) is 11.6. The van der Waals surface area contributed by atoms with Crippen LogP contribution in [0.4, 0.5) is 5.69 Å². The van der Waals surface area contributed by atoms with E-state index in [9.17, 15) is 14.9 Å². The molecule has 2 aromatic rings. The van der Waals surface area contributed by atoms with Gasteiger partial charge in [-0.2, -0.15) is 5.26 Å². The first kappa shape index (κ1) is 22.8. The molecule has 0 radical (unpaired) electrons. The maximum absolute atomic E-state index is 14.0. The van der Waals surface area contributed by atoms with Gasteiger partial charge in [0.2, 0.25) is 5.91 Å². The number of likely N-dealkylation sites (tertiary alicyclic amines) is 2. The minimum atomic E-state index is -0.826. The molecule has 7 heteroatoms. The fourth-order valence-corrected chi connectivity index (χ4v) is 4.48. The number of rotatable bonds is 5. The van der Waals surface area contributed by atoms with Gasteiger partial charge >= 0.3 is 0 Å². The van der Waals surface area contributed by atoms with Crippen LogP contribution in [0.2, 0.25) is 0 Å². The van der Waals surface area contributed by atoms with E-state index >= 15 is 0 Å². The predicted octanol–water partition coefficient (Wildman–Crippen LogP) is 3.63. The Kier molecular flexibility index (Phi) is 6.37. The summed E-state index contributed by atoms with van der Waals surface area (Å²) in [6.45, 7) is 8.35. The summed E-state index contributed by atoms with van der Waals surface area (Å²) in [5, 5.41) is 9.58. The molecule has 0 spiro atoms. The maximum Gasteiger partial charge on any atom is 0.251 e. The molecular weight excluding hydrogens is 414 g/mol. The van der Waals surface area contributed by atoms with Crippen molar-refractivity contribution in [1.29, 1.82) is 5.26 Å². The van der Waals surface area contributed by atoms with E-state index in [-0.39, 0.29) is 17.2 Å². The van der Waals surface area contributed by atoms with Crippen LogP contribution in [0.5, 0.6) is 0 Å². The van der Waals surface area contributed by atoms with Gasteiger partial charge in [-0.15, -0.1) is 0 Å². The second-order valence-electron chi connectivity index (χ2n) is 9.82. The van der Waals surface area contributed by atoms with Gasteiger partial charge in [-0.3, -0.25) is 24.4 Å². The summed E-state index contributed by atoms with van der Waals surface area (Å²) in [6, 6.07) is 10.1. The SMILES string of the molecule is CC(C)(C)c1ccc(N(C(=O)[C@H]2CCCN2C#N)C(C(=O)N2CCC2)c2cccnc2)cc1. The lowest BCUT2D eigenvalue weighted by atomic mass is 9.87. The molecule has 33 heavy (non-hydrogen) atoms.